The molecule has 3 amide bonds. The fraction of sp³-hybridized carbons (Fsp3) is 0.529. The van der Waals surface area contributed by atoms with Crippen molar-refractivity contribution in [1.29, 1.82) is 0 Å². The van der Waals surface area contributed by atoms with Crippen LogP contribution in [0.1, 0.15) is 32.1 Å². The SMILES string of the molecule is COc1ccc(NNC(=O)C2CCCN2C(=O)NC2CCC2)cc1. The van der Waals surface area contributed by atoms with Gasteiger partial charge >= 0.3 is 6.03 Å². The number of hydrogen-bond donors (Lipinski definition) is 3. The van der Waals surface area contributed by atoms with Crippen LogP contribution >= 0.6 is 0 Å². The van der Waals surface area contributed by atoms with E-state index in [1.54, 1.807) is 12.0 Å². The standard InChI is InChI=1S/C17H24N4O3/c1-24-14-9-7-13(8-10-14)19-20-16(22)15-6-3-11-21(15)17(23)18-12-4-2-5-12/h7-10,12,15,19H,2-6,11H2,1H3,(H,18,23)(H,20,22). The monoisotopic (exact) mass is 332 g/mol. The van der Waals surface area contributed by atoms with Crippen molar-refractivity contribution in [2.45, 2.75) is 44.2 Å². The number of ether oxygens (including phenoxy) is 1. The molecule has 1 heterocycles. The summed E-state index contributed by atoms with van der Waals surface area (Å²) in [6.45, 7) is 0.624. The number of nitrogens with zero attached hydrogens (tertiary/aromatic N) is 1. The number of hydrazine groups is 1. The lowest BCUT2D eigenvalue weighted by Crippen LogP contribution is -2.53. The third-order valence-electron chi connectivity index (χ3n) is 4.67. The highest BCUT2D eigenvalue weighted by Gasteiger charge is 2.35. The Morgan fingerprint density at radius 2 is 1.88 bits per heavy atom. The Labute approximate surface area is 141 Å². The van der Waals surface area contributed by atoms with Gasteiger partial charge in [-0.15, -0.1) is 0 Å². The second-order valence-corrected chi connectivity index (χ2v) is 6.27. The largest absolute Gasteiger partial charge is 0.497 e. The Morgan fingerprint density at radius 3 is 2.50 bits per heavy atom. The van der Waals surface area contributed by atoms with Gasteiger partial charge in [-0.3, -0.25) is 15.6 Å². The summed E-state index contributed by atoms with van der Waals surface area (Å²) in [6, 6.07) is 6.98. The fourth-order valence-electron chi connectivity index (χ4n) is 2.98. The molecule has 24 heavy (non-hydrogen) atoms. The predicted octanol–water partition coefficient (Wildman–Crippen LogP) is 1.86. The van der Waals surface area contributed by atoms with E-state index in [9.17, 15) is 9.59 Å². The number of anilines is 1. The quantitative estimate of drug-likeness (QED) is 0.719. The van der Waals surface area contributed by atoms with Crippen LogP contribution in [0.25, 0.3) is 0 Å². The Balaban J connectivity index is 1.51. The lowest BCUT2D eigenvalue weighted by molar-refractivity contribution is -0.124. The Morgan fingerprint density at radius 1 is 1.12 bits per heavy atom. The van der Waals surface area contributed by atoms with Crippen LogP contribution < -0.4 is 20.9 Å². The minimum Gasteiger partial charge on any atom is -0.497 e. The number of amides is 3. The van der Waals surface area contributed by atoms with Gasteiger partial charge in [-0.2, -0.15) is 0 Å². The zero-order valence-corrected chi connectivity index (χ0v) is 13.9. The molecule has 1 aromatic rings. The number of likely N-dealkylation sites (tertiary alicyclic amines) is 1. The minimum atomic E-state index is -0.421. The highest BCUT2D eigenvalue weighted by molar-refractivity contribution is 5.88. The number of urea groups is 1. The van der Waals surface area contributed by atoms with E-state index >= 15 is 0 Å². The Bertz CT molecular complexity index is 586. The van der Waals surface area contributed by atoms with Gasteiger partial charge in [-0.25, -0.2) is 4.79 Å². The van der Waals surface area contributed by atoms with Gasteiger partial charge in [-0.1, -0.05) is 0 Å². The lowest BCUT2D eigenvalue weighted by Gasteiger charge is -2.31. The molecule has 3 rings (SSSR count). The molecule has 1 aromatic carbocycles. The molecule has 1 saturated carbocycles. The van der Waals surface area contributed by atoms with E-state index in [2.05, 4.69) is 16.2 Å². The highest BCUT2D eigenvalue weighted by Crippen LogP contribution is 2.21. The molecule has 1 aliphatic carbocycles. The van der Waals surface area contributed by atoms with E-state index in [1.807, 2.05) is 24.3 Å². The van der Waals surface area contributed by atoms with Gasteiger partial charge in [0, 0.05) is 12.6 Å². The van der Waals surface area contributed by atoms with Gasteiger partial charge in [0.1, 0.15) is 11.8 Å². The normalized spacial score (nSPS) is 20.2. The molecule has 3 N–H and O–H groups in total. The number of carbonyl (C=O) groups is 2. The maximum atomic E-state index is 12.4. The van der Waals surface area contributed by atoms with Crippen molar-refractivity contribution in [2.75, 3.05) is 19.1 Å². The zero-order valence-electron chi connectivity index (χ0n) is 13.9. The average molecular weight is 332 g/mol. The molecule has 2 aliphatic rings. The molecular formula is C17H24N4O3. The summed E-state index contributed by atoms with van der Waals surface area (Å²) in [5, 5.41) is 3.00. The minimum absolute atomic E-state index is 0.123. The molecule has 130 valence electrons. The first-order valence-corrected chi connectivity index (χ1v) is 8.44. The predicted molar refractivity (Wildman–Crippen MR) is 90.7 cm³/mol. The van der Waals surface area contributed by atoms with E-state index < -0.39 is 6.04 Å². The zero-order chi connectivity index (χ0) is 16.9. The van der Waals surface area contributed by atoms with Gasteiger partial charge in [0.2, 0.25) is 0 Å². The van der Waals surface area contributed by atoms with E-state index in [-0.39, 0.29) is 18.0 Å². The summed E-state index contributed by atoms with van der Waals surface area (Å²) in [6.07, 6.45) is 4.78. The molecule has 1 aliphatic heterocycles. The van der Waals surface area contributed by atoms with Crippen LogP contribution in [0, 0.1) is 0 Å². The summed E-state index contributed by atoms with van der Waals surface area (Å²) >= 11 is 0. The number of nitrogens with one attached hydrogen (secondary N) is 3. The first kappa shape index (κ1) is 16.4. The van der Waals surface area contributed by atoms with E-state index in [4.69, 9.17) is 4.74 Å². The second-order valence-electron chi connectivity index (χ2n) is 6.27. The first-order chi connectivity index (χ1) is 11.7. The van der Waals surface area contributed by atoms with Gasteiger partial charge in [0.15, 0.2) is 0 Å². The van der Waals surface area contributed by atoms with Crippen molar-refractivity contribution in [2.24, 2.45) is 0 Å². The van der Waals surface area contributed by atoms with Crippen LogP contribution in [0.2, 0.25) is 0 Å². The smallest absolute Gasteiger partial charge is 0.318 e. The van der Waals surface area contributed by atoms with Crippen molar-refractivity contribution in [3.05, 3.63) is 24.3 Å². The molecule has 2 fully saturated rings. The Hall–Kier alpha value is -2.44. The van der Waals surface area contributed by atoms with Crippen molar-refractivity contribution >= 4 is 17.6 Å². The van der Waals surface area contributed by atoms with Gasteiger partial charge in [-0.05, 0) is 56.4 Å². The van der Waals surface area contributed by atoms with Crippen molar-refractivity contribution in [3.8, 4) is 5.75 Å². The van der Waals surface area contributed by atoms with Crippen molar-refractivity contribution < 1.29 is 14.3 Å². The number of benzene rings is 1. The maximum Gasteiger partial charge on any atom is 0.318 e. The maximum absolute atomic E-state index is 12.4. The molecule has 1 unspecified atom stereocenters. The van der Waals surface area contributed by atoms with E-state index in [1.165, 1.54) is 6.42 Å². The molecule has 0 spiro atoms. The summed E-state index contributed by atoms with van der Waals surface area (Å²) in [5.41, 5.74) is 6.33. The Kier molecular flexibility index (Phi) is 5.08. The van der Waals surface area contributed by atoms with Crippen LogP contribution in [0.15, 0.2) is 24.3 Å². The molecule has 0 aromatic heterocycles. The highest BCUT2D eigenvalue weighted by atomic mass is 16.5. The van der Waals surface area contributed by atoms with Gasteiger partial charge in [0.05, 0.1) is 12.8 Å². The van der Waals surface area contributed by atoms with Gasteiger partial charge < -0.3 is 15.0 Å². The summed E-state index contributed by atoms with van der Waals surface area (Å²) in [7, 11) is 1.60. The molecular weight excluding hydrogens is 308 g/mol. The molecule has 0 bridgehead atoms. The van der Waals surface area contributed by atoms with Crippen molar-refractivity contribution in [3.63, 3.8) is 0 Å². The fourth-order valence-corrected chi connectivity index (χ4v) is 2.98. The third-order valence-corrected chi connectivity index (χ3v) is 4.67. The van der Waals surface area contributed by atoms with Crippen LogP contribution in [-0.4, -0.2) is 42.6 Å². The van der Waals surface area contributed by atoms with Crippen LogP contribution in [0.5, 0.6) is 5.75 Å². The molecule has 0 radical (unpaired) electrons. The van der Waals surface area contributed by atoms with Gasteiger partial charge in [0.25, 0.3) is 5.91 Å². The summed E-state index contributed by atoms with van der Waals surface area (Å²) in [5.74, 6) is 0.564. The third kappa shape index (κ3) is 3.72. The number of rotatable bonds is 5. The first-order valence-electron chi connectivity index (χ1n) is 8.44. The molecule has 7 nitrogen and oxygen atoms in total. The van der Waals surface area contributed by atoms with E-state index in [0.29, 0.717) is 13.0 Å². The van der Waals surface area contributed by atoms with E-state index in [0.717, 1.165) is 30.7 Å². The second kappa shape index (κ2) is 7.42. The van der Waals surface area contributed by atoms with Crippen LogP contribution in [0.4, 0.5) is 10.5 Å². The topological polar surface area (TPSA) is 82.7 Å². The number of carbonyl (C=O) groups excluding carboxylic acids is 2. The molecule has 1 saturated heterocycles. The molecule has 1 atom stereocenters. The summed E-state index contributed by atoms with van der Waals surface area (Å²) in [4.78, 5) is 26.4. The van der Waals surface area contributed by atoms with Crippen LogP contribution in [0.3, 0.4) is 0 Å². The van der Waals surface area contributed by atoms with Crippen molar-refractivity contribution in [1.82, 2.24) is 15.6 Å². The average Bonchev–Trinajstić information content (AvgIpc) is 3.06. The number of hydrogen-bond acceptors (Lipinski definition) is 4. The lowest BCUT2D eigenvalue weighted by atomic mass is 9.93. The summed E-state index contributed by atoms with van der Waals surface area (Å²) < 4.78 is 5.10. The number of methoxy groups -OCH3 is 1. The molecule has 7 heteroatoms. The van der Waals surface area contributed by atoms with Crippen LogP contribution in [-0.2, 0) is 4.79 Å².